The van der Waals surface area contributed by atoms with Crippen LogP contribution in [0.25, 0.3) is 33.8 Å². The van der Waals surface area contributed by atoms with E-state index >= 15 is 0 Å². The van der Waals surface area contributed by atoms with Gasteiger partial charge in [0.15, 0.2) is 22.8 Å². The van der Waals surface area contributed by atoms with Crippen molar-refractivity contribution >= 4 is 23.0 Å². The number of methoxy groups -OCH3 is 1. The number of hydrogen-bond acceptors (Lipinski definition) is 8. The average Bonchev–Trinajstić information content (AvgIpc) is 3.47. The molecule has 5 rings (SSSR count). The van der Waals surface area contributed by atoms with Crippen molar-refractivity contribution in [2.24, 2.45) is 7.05 Å². The van der Waals surface area contributed by atoms with Crippen molar-refractivity contribution in [3.05, 3.63) is 42.4 Å². The summed E-state index contributed by atoms with van der Waals surface area (Å²) in [4.78, 5) is 28.9. The van der Waals surface area contributed by atoms with E-state index in [0.29, 0.717) is 55.7 Å². The first-order valence-electron chi connectivity index (χ1n) is 10.9. The van der Waals surface area contributed by atoms with Crippen molar-refractivity contribution in [1.29, 1.82) is 0 Å². The molecular weight excluding hydrogens is 422 g/mol. The molecule has 0 aliphatic carbocycles. The fraction of sp³-hybridized carbons (Fsp3) is 0.348. The molecule has 10 nitrogen and oxygen atoms in total. The van der Waals surface area contributed by atoms with Crippen LogP contribution in [0.2, 0.25) is 0 Å². The summed E-state index contributed by atoms with van der Waals surface area (Å²) >= 11 is 0. The molecule has 1 aliphatic rings. The summed E-state index contributed by atoms with van der Waals surface area (Å²) in [6.45, 7) is 5.06. The summed E-state index contributed by atoms with van der Waals surface area (Å²) < 4.78 is 14.0. The van der Waals surface area contributed by atoms with Crippen LogP contribution >= 0.6 is 0 Å². The summed E-state index contributed by atoms with van der Waals surface area (Å²) in [5.41, 5.74) is 3.90. The summed E-state index contributed by atoms with van der Waals surface area (Å²) in [6, 6.07) is 9.96. The van der Waals surface area contributed by atoms with E-state index < -0.39 is 5.97 Å². The molecule has 3 aromatic heterocycles. The second-order valence-electron chi connectivity index (χ2n) is 7.77. The number of rotatable bonds is 5. The topological polar surface area (TPSA) is 100 Å². The number of fused-ring (bicyclic) bond motifs is 1. The van der Waals surface area contributed by atoms with E-state index in [1.54, 1.807) is 9.25 Å². The molecule has 0 amide bonds. The summed E-state index contributed by atoms with van der Waals surface area (Å²) in [6.07, 6.45) is 1.91. The Kier molecular flexibility index (Phi) is 5.51. The number of nitrogens with zero attached hydrogens (tertiary/aromatic N) is 7. The van der Waals surface area contributed by atoms with Gasteiger partial charge in [-0.3, -0.25) is 4.68 Å². The standard InChI is InChI=1S/C23H25N7O3/c1-4-30-21-18(24-22(30)23(31)32-3)20(29-10-12-33-13-11-29)25-19(26-21)16-7-5-6-15(14-16)17-8-9-28(2)27-17/h5-9,14H,4,10-13H2,1-3H3. The van der Waals surface area contributed by atoms with E-state index in [2.05, 4.69) is 15.0 Å². The van der Waals surface area contributed by atoms with Gasteiger partial charge >= 0.3 is 5.97 Å². The molecule has 170 valence electrons. The van der Waals surface area contributed by atoms with Gasteiger partial charge in [0.25, 0.3) is 0 Å². The molecule has 0 unspecified atom stereocenters. The minimum Gasteiger partial charge on any atom is -0.463 e. The van der Waals surface area contributed by atoms with Crippen molar-refractivity contribution in [3.8, 4) is 22.6 Å². The number of aryl methyl sites for hydroxylation is 2. The van der Waals surface area contributed by atoms with Crippen LogP contribution in [0.4, 0.5) is 5.82 Å². The van der Waals surface area contributed by atoms with Crippen LogP contribution in [0, 0.1) is 0 Å². The fourth-order valence-electron chi connectivity index (χ4n) is 4.04. The van der Waals surface area contributed by atoms with Crippen molar-refractivity contribution in [1.82, 2.24) is 29.3 Å². The smallest absolute Gasteiger partial charge is 0.374 e. The van der Waals surface area contributed by atoms with Crippen LogP contribution in [-0.4, -0.2) is 68.7 Å². The molecule has 1 saturated heterocycles. The van der Waals surface area contributed by atoms with Gasteiger partial charge in [0.2, 0.25) is 5.82 Å². The normalized spacial score (nSPS) is 14.1. The molecule has 10 heteroatoms. The lowest BCUT2D eigenvalue weighted by Crippen LogP contribution is -2.37. The van der Waals surface area contributed by atoms with Gasteiger partial charge < -0.3 is 18.9 Å². The van der Waals surface area contributed by atoms with Crippen LogP contribution in [0.5, 0.6) is 0 Å². The molecule has 0 radical (unpaired) electrons. The zero-order valence-corrected chi connectivity index (χ0v) is 18.9. The fourth-order valence-corrected chi connectivity index (χ4v) is 4.04. The van der Waals surface area contributed by atoms with Crippen LogP contribution < -0.4 is 4.90 Å². The molecule has 1 fully saturated rings. The Hall–Kier alpha value is -3.79. The predicted octanol–water partition coefficient (Wildman–Crippen LogP) is 2.54. The molecule has 0 N–H and O–H groups in total. The van der Waals surface area contributed by atoms with Crippen LogP contribution in [0.1, 0.15) is 17.5 Å². The van der Waals surface area contributed by atoms with Gasteiger partial charge in [-0.15, -0.1) is 0 Å². The largest absolute Gasteiger partial charge is 0.463 e. The summed E-state index contributed by atoms with van der Waals surface area (Å²) in [5, 5.41) is 4.50. The number of ether oxygens (including phenoxy) is 2. The zero-order valence-electron chi connectivity index (χ0n) is 18.9. The Labute approximate surface area is 190 Å². The van der Waals surface area contributed by atoms with Crippen LogP contribution in [0.3, 0.4) is 0 Å². The molecule has 0 atom stereocenters. The van der Waals surface area contributed by atoms with E-state index in [4.69, 9.17) is 19.4 Å². The number of esters is 1. The predicted molar refractivity (Wildman–Crippen MR) is 123 cm³/mol. The van der Waals surface area contributed by atoms with Gasteiger partial charge in [0.1, 0.15) is 0 Å². The lowest BCUT2D eigenvalue weighted by molar-refractivity contribution is 0.0582. The Morgan fingerprint density at radius 1 is 1.12 bits per heavy atom. The highest BCUT2D eigenvalue weighted by Crippen LogP contribution is 2.30. The third-order valence-electron chi connectivity index (χ3n) is 5.70. The highest BCUT2D eigenvalue weighted by atomic mass is 16.5. The van der Waals surface area contributed by atoms with Gasteiger partial charge in [-0.25, -0.2) is 19.7 Å². The molecule has 0 bridgehead atoms. The first-order chi connectivity index (χ1) is 16.1. The number of imidazole rings is 1. The molecule has 0 saturated carbocycles. The third-order valence-corrected chi connectivity index (χ3v) is 5.70. The maximum atomic E-state index is 12.4. The Balaban J connectivity index is 1.70. The molecule has 1 aliphatic heterocycles. The number of carbonyl (C=O) groups is 1. The number of anilines is 1. The number of aromatic nitrogens is 6. The molecule has 1 aromatic carbocycles. The van der Waals surface area contributed by atoms with Crippen molar-refractivity contribution < 1.29 is 14.3 Å². The maximum absolute atomic E-state index is 12.4. The van der Waals surface area contributed by atoms with Crippen molar-refractivity contribution in [2.75, 3.05) is 38.3 Å². The summed E-state index contributed by atoms with van der Waals surface area (Å²) in [5.74, 6) is 0.978. The lowest BCUT2D eigenvalue weighted by atomic mass is 10.1. The Morgan fingerprint density at radius 3 is 2.61 bits per heavy atom. The van der Waals surface area contributed by atoms with Crippen LogP contribution in [-0.2, 0) is 23.1 Å². The van der Waals surface area contributed by atoms with Gasteiger partial charge in [-0.2, -0.15) is 5.10 Å². The Morgan fingerprint density at radius 2 is 1.91 bits per heavy atom. The lowest BCUT2D eigenvalue weighted by Gasteiger charge is -2.28. The SMILES string of the molecule is CCn1c(C(=O)OC)nc2c(N3CCOCC3)nc(-c3cccc(-c4ccn(C)n4)c3)nc21. The molecule has 4 heterocycles. The van der Waals surface area contributed by atoms with E-state index in [0.717, 1.165) is 16.8 Å². The minimum atomic E-state index is -0.499. The van der Waals surface area contributed by atoms with Crippen LogP contribution in [0.15, 0.2) is 36.5 Å². The quantitative estimate of drug-likeness (QED) is 0.430. The monoisotopic (exact) mass is 447 g/mol. The second-order valence-corrected chi connectivity index (χ2v) is 7.77. The molecule has 33 heavy (non-hydrogen) atoms. The van der Waals surface area contributed by atoms with Crippen molar-refractivity contribution in [3.63, 3.8) is 0 Å². The highest BCUT2D eigenvalue weighted by molar-refractivity contribution is 5.94. The third kappa shape index (κ3) is 3.82. The number of hydrogen-bond donors (Lipinski definition) is 0. The maximum Gasteiger partial charge on any atom is 0.374 e. The number of benzene rings is 1. The van der Waals surface area contributed by atoms with E-state index in [1.807, 2.05) is 50.5 Å². The van der Waals surface area contributed by atoms with E-state index in [9.17, 15) is 4.79 Å². The number of carbonyl (C=O) groups excluding carboxylic acids is 1. The van der Waals surface area contributed by atoms with Gasteiger partial charge in [0, 0.05) is 44.0 Å². The molecule has 4 aromatic rings. The first-order valence-corrected chi connectivity index (χ1v) is 10.9. The van der Waals surface area contributed by atoms with Crippen molar-refractivity contribution in [2.45, 2.75) is 13.5 Å². The van der Waals surface area contributed by atoms with E-state index in [-0.39, 0.29) is 5.82 Å². The molecule has 0 spiro atoms. The zero-order chi connectivity index (χ0) is 22.9. The number of morpholine rings is 1. The minimum absolute atomic E-state index is 0.221. The second kappa shape index (κ2) is 8.62. The van der Waals surface area contributed by atoms with Gasteiger partial charge in [-0.05, 0) is 19.1 Å². The first kappa shape index (κ1) is 21.1. The average molecular weight is 447 g/mol. The van der Waals surface area contributed by atoms with Gasteiger partial charge in [-0.1, -0.05) is 18.2 Å². The Bertz CT molecular complexity index is 1320. The van der Waals surface area contributed by atoms with Gasteiger partial charge in [0.05, 0.1) is 26.0 Å². The highest BCUT2D eigenvalue weighted by Gasteiger charge is 2.25. The molecular formula is C23H25N7O3. The van der Waals surface area contributed by atoms with E-state index in [1.165, 1.54) is 7.11 Å². The summed E-state index contributed by atoms with van der Waals surface area (Å²) in [7, 11) is 3.24.